The second kappa shape index (κ2) is 5.40. The highest BCUT2D eigenvalue weighted by Gasteiger charge is 2.19. The molecule has 1 aliphatic rings. The van der Waals surface area contributed by atoms with Crippen LogP contribution >= 0.6 is 23.2 Å². The van der Waals surface area contributed by atoms with Gasteiger partial charge in [-0.2, -0.15) is 5.10 Å². The molecular formula is C15H10Cl2N4O2. The number of nitrogens with one attached hydrogen (secondary N) is 1. The van der Waals surface area contributed by atoms with Gasteiger partial charge in [0.15, 0.2) is 5.69 Å². The molecule has 3 aromatic rings. The van der Waals surface area contributed by atoms with Gasteiger partial charge in [-0.1, -0.05) is 23.2 Å². The number of carbonyl (C=O) groups excluding carboxylic acids is 1. The Bertz CT molecular complexity index is 917. The number of halogens is 2. The Kier molecular flexibility index (Phi) is 3.36. The van der Waals surface area contributed by atoms with E-state index >= 15 is 0 Å². The summed E-state index contributed by atoms with van der Waals surface area (Å²) in [6, 6.07) is 8.42. The van der Waals surface area contributed by atoms with Gasteiger partial charge in [-0.05, 0) is 24.3 Å². The Morgan fingerprint density at radius 3 is 2.87 bits per heavy atom. The number of hydrogen-bond donors (Lipinski definition) is 1. The molecule has 0 bridgehead atoms. The predicted molar refractivity (Wildman–Crippen MR) is 87.4 cm³/mol. The summed E-state index contributed by atoms with van der Waals surface area (Å²) in [5.41, 5.74) is 0.812. The summed E-state index contributed by atoms with van der Waals surface area (Å²) >= 11 is 12.3. The second-order valence-electron chi connectivity index (χ2n) is 5.02. The molecule has 0 saturated carbocycles. The van der Waals surface area contributed by atoms with E-state index in [9.17, 15) is 4.79 Å². The van der Waals surface area contributed by atoms with Crippen molar-refractivity contribution in [1.82, 2.24) is 14.8 Å². The molecule has 6 nitrogen and oxygen atoms in total. The number of aromatic nitrogens is 3. The van der Waals surface area contributed by atoms with Crippen molar-refractivity contribution in [3.63, 3.8) is 0 Å². The number of amides is 1. The van der Waals surface area contributed by atoms with Gasteiger partial charge in [-0.25, -0.2) is 9.67 Å². The van der Waals surface area contributed by atoms with E-state index in [4.69, 9.17) is 27.9 Å². The fraction of sp³-hybridized carbons (Fsp3) is 0.133. The van der Waals surface area contributed by atoms with E-state index < -0.39 is 0 Å². The van der Waals surface area contributed by atoms with Gasteiger partial charge in [-0.3, -0.25) is 4.79 Å². The van der Waals surface area contributed by atoms with Crippen molar-refractivity contribution in [3.05, 3.63) is 46.1 Å². The van der Waals surface area contributed by atoms with Crippen LogP contribution in [0, 0.1) is 0 Å². The average molecular weight is 349 g/mol. The van der Waals surface area contributed by atoms with Crippen molar-refractivity contribution < 1.29 is 9.53 Å². The summed E-state index contributed by atoms with van der Waals surface area (Å²) in [6.45, 7) is 1.22. The van der Waals surface area contributed by atoms with Crippen LogP contribution < -0.4 is 10.1 Å². The zero-order valence-electron chi connectivity index (χ0n) is 11.7. The standard InChI is InChI=1S/C15H10Cl2N4O2/c16-9-2-3-10(17)14-8(9)1-4-12(18-14)19-15(22)11-7-13-21(20-11)5-6-23-13/h1-4,7H,5-6H2,(H,18,19,22). The lowest BCUT2D eigenvalue weighted by Crippen LogP contribution is -2.14. The summed E-state index contributed by atoms with van der Waals surface area (Å²) < 4.78 is 6.99. The first-order valence-electron chi connectivity index (χ1n) is 6.88. The average Bonchev–Trinajstić information content (AvgIpc) is 3.12. The van der Waals surface area contributed by atoms with Crippen molar-refractivity contribution in [2.45, 2.75) is 6.54 Å². The Labute approximate surface area is 141 Å². The predicted octanol–water partition coefficient (Wildman–Crippen LogP) is 3.38. The molecule has 4 rings (SSSR count). The first-order valence-corrected chi connectivity index (χ1v) is 7.64. The lowest BCUT2D eigenvalue weighted by Gasteiger charge is -2.06. The third-order valence-electron chi connectivity index (χ3n) is 3.53. The molecule has 0 fully saturated rings. The van der Waals surface area contributed by atoms with E-state index in [1.165, 1.54) is 0 Å². The second-order valence-corrected chi connectivity index (χ2v) is 5.83. The number of hydrogen-bond acceptors (Lipinski definition) is 4. The number of rotatable bonds is 2. The summed E-state index contributed by atoms with van der Waals surface area (Å²) in [7, 11) is 0. The van der Waals surface area contributed by atoms with E-state index in [2.05, 4.69) is 15.4 Å². The minimum absolute atomic E-state index is 0.277. The summed E-state index contributed by atoms with van der Waals surface area (Å²) in [6.07, 6.45) is 0. The minimum Gasteiger partial charge on any atom is -0.476 e. The van der Waals surface area contributed by atoms with Gasteiger partial charge in [0.2, 0.25) is 5.88 Å². The lowest BCUT2D eigenvalue weighted by molar-refractivity contribution is 0.102. The third kappa shape index (κ3) is 2.50. The Morgan fingerprint density at radius 1 is 1.22 bits per heavy atom. The fourth-order valence-corrected chi connectivity index (χ4v) is 2.85. The van der Waals surface area contributed by atoms with Crippen LogP contribution in [0.3, 0.4) is 0 Å². The molecule has 0 aliphatic carbocycles. The molecule has 1 aromatic carbocycles. The van der Waals surface area contributed by atoms with Crippen molar-refractivity contribution in [2.75, 3.05) is 11.9 Å². The third-order valence-corrected chi connectivity index (χ3v) is 4.16. The van der Waals surface area contributed by atoms with Gasteiger partial charge in [-0.15, -0.1) is 0 Å². The van der Waals surface area contributed by atoms with Crippen molar-refractivity contribution in [1.29, 1.82) is 0 Å². The summed E-state index contributed by atoms with van der Waals surface area (Å²) in [5, 5.41) is 8.64. The Hall–Kier alpha value is -2.31. The lowest BCUT2D eigenvalue weighted by atomic mass is 10.2. The zero-order valence-corrected chi connectivity index (χ0v) is 13.2. The topological polar surface area (TPSA) is 69.0 Å². The van der Waals surface area contributed by atoms with Gasteiger partial charge in [0.05, 0.1) is 22.1 Å². The molecule has 8 heteroatoms. The highest BCUT2D eigenvalue weighted by molar-refractivity contribution is 6.39. The summed E-state index contributed by atoms with van der Waals surface area (Å²) in [5.74, 6) is 0.609. The minimum atomic E-state index is -0.361. The van der Waals surface area contributed by atoms with Gasteiger partial charge < -0.3 is 10.1 Å². The van der Waals surface area contributed by atoms with Crippen LogP contribution in [0.5, 0.6) is 5.88 Å². The highest BCUT2D eigenvalue weighted by Crippen LogP contribution is 2.29. The molecule has 0 radical (unpaired) electrons. The van der Waals surface area contributed by atoms with E-state index in [0.29, 0.717) is 40.4 Å². The molecule has 0 unspecified atom stereocenters. The first kappa shape index (κ1) is 14.3. The maximum atomic E-state index is 12.3. The van der Waals surface area contributed by atoms with E-state index in [1.807, 2.05) is 0 Å². The first-order chi connectivity index (χ1) is 11.1. The molecule has 2 aromatic heterocycles. The Balaban J connectivity index is 1.64. The Morgan fingerprint density at radius 2 is 2.04 bits per heavy atom. The highest BCUT2D eigenvalue weighted by atomic mass is 35.5. The molecule has 116 valence electrons. The molecule has 0 saturated heterocycles. The number of pyridine rings is 1. The van der Waals surface area contributed by atoms with Crippen molar-refractivity contribution >= 4 is 45.8 Å². The maximum absolute atomic E-state index is 12.3. The van der Waals surface area contributed by atoms with Crippen LogP contribution in [0.2, 0.25) is 10.0 Å². The van der Waals surface area contributed by atoms with E-state index in [0.717, 1.165) is 5.39 Å². The van der Waals surface area contributed by atoms with Gasteiger partial charge in [0, 0.05) is 11.5 Å². The zero-order chi connectivity index (χ0) is 16.0. The normalized spacial score (nSPS) is 13.0. The van der Waals surface area contributed by atoms with E-state index in [1.54, 1.807) is 35.0 Å². The van der Waals surface area contributed by atoms with Crippen LogP contribution in [0.15, 0.2) is 30.3 Å². The van der Waals surface area contributed by atoms with Crippen molar-refractivity contribution in [3.8, 4) is 5.88 Å². The number of ether oxygens (including phenoxy) is 1. The molecule has 23 heavy (non-hydrogen) atoms. The van der Waals surface area contributed by atoms with Crippen LogP contribution in [0.25, 0.3) is 10.9 Å². The number of benzene rings is 1. The quantitative estimate of drug-likeness (QED) is 0.770. The molecule has 3 heterocycles. The van der Waals surface area contributed by atoms with Gasteiger partial charge in [0.25, 0.3) is 5.91 Å². The monoisotopic (exact) mass is 348 g/mol. The molecule has 1 N–H and O–H groups in total. The van der Waals surface area contributed by atoms with Crippen LogP contribution in [-0.4, -0.2) is 27.3 Å². The molecular weight excluding hydrogens is 339 g/mol. The van der Waals surface area contributed by atoms with Crippen LogP contribution in [-0.2, 0) is 6.54 Å². The SMILES string of the molecule is O=C(Nc1ccc2c(Cl)ccc(Cl)c2n1)c1cc2n(n1)CCO2. The van der Waals surface area contributed by atoms with Crippen molar-refractivity contribution in [2.24, 2.45) is 0 Å². The molecule has 1 amide bonds. The maximum Gasteiger partial charge on any atom is 0.277 e. The van der Waals surface area contributed by atoms with Gasteiger partial charge >= 0.3 is 0 Å². The van der Waals surface area contributed by atoms with E-state index in [-0.39, 0.29) is 11.6 Å². The molecule has 0 atom stereocenters. The van der Waals surface area contributed by atoms with Crippen LogP contribution in [0.1, 0.15) is 10.5 Å². The van der Waals surface area contributed by atoms with Crippen LogP contribution in [0.4, 0.5) is 5.82 Å². The molecule has 1 aliphatic heterocycles. The van der Waals surface area contributed by atoms with Gasteiger partial charge in [0.1, 0.15) is 12.4 Å². The smallest absolute Gasteiger partial charge is 0.277 e. The largest absolute Gasteiger partial charge is 0.476 e. The number of nitrogens with zero attached hydrogens (tertiary/aromatic N) is 3. The fourth-order valence-electron chi connectivity index (χ4n) is 2.42. The number of fused-ring (bicyclic) bond motifs is 2. The molecule has 0 spiro atoms. The number of anilines is 1. The number of carbonyl (C=O) groups is 1. The summed E-state index contributed by atoms with van der Waals surface area (Å²) in [4.78, 5) is 16.6.